The quantitative estimate of drug-likeness (QED) is 0.417. The van der Waals surface area contributed by atoms with Gasteiger partial charge in [0.05, 0.1) is 6.10 Å². The van der Waals surface area contributed by atoms with E-state index in [1.807, 2.05) is 0 Å². The summed E-state index contributed by atoms with van der Waals surface area (Å²) >= 11 is 0. The van der Waals surface area contributed by atoms with E-state index in [-0.39, 0.29) is 12.8 Å². The summed E-state index contributed by atoms with van der Waals surface area (Å²) in [6, 6.07) is 0. The molecule has 3 nitrogen and oxygen atoms in total. The van der Waals surface area contributed by atoms with Crippen LogP contribution in [0.3, 0.4) is 0 Å². The van der Waals surface area contributed by atoms with Gasteiger partial charge < -0.3 is 14.7 Å². The van der Waals surface area contributed by atoms with Crippen LogP contribution in [0.5, 0.6) is 0 Å². The Hall–Kier alpha value is -0.935. The van der Waals surface area contributed by atoms with E-state index in [4.69, 9.17) is 22.9 Å². The Bertz CT molecular complexity index is 161. The minimum Gasteiger partial charge on any atom is -0.402 e. The highest BCUT2D eigenvalue weighted by Crippen LogP contribution is 2.02. The molecule has 0 saturated heterocycles. The maximum atomic E-state index is 8.37. The van der Waals surface area contributed by atoms with E-state index < -0.39 is 13.4 Å². The van der Waals surface area contributed by atoms with Gasteiger partial charge in [-0.1, -0.05) is 0 Å². The fourth-order valence-electron chi connectivity index (χ4n) is 0.603. The van der Waals surface area contributed by atoms with Gasteiger partial charge in [-0.25, -0.2) is 0 Å². The summed E-state index contributed by atoms with van der Waals surface area (Å²) in [7, 11) is -1.80. The first kappa shape index (κ1) is 10.1. The Balaban J connectivity index is 3.73. The lowest BCUT2D eigenvalue weighted by atomic mass is 10.1. The first-order valence-electron chi connectivity index (χ1n) is 3.09. The molecule has 0 spiro atoms. The maximum Gasteiger partial charge on any atom is 0.634 e. The van der Waals surface area contributed by atoms with Crippen LogP contribution in [0.2, 0.25) is 0 Å². The van der Waals surface area contributed by atoms with Gasteiger partial charge in [-0.05, 0) is 0 Å². The zero-order valence-electron chi connectivity index (χ0n) is 6.03. The van der Waals surface area contributed by atoms with Crippen molar-refractivity contribution in [2.45, 2.75) is 18.9 Å². The van der Waals surface area contributed by atoms with Crippen molar-refractivity contribution >= 4 is 7.32 Å². The van der Waals surface area contributed by atoms with Crippen LogP contribution >= 0.6 is 0 Å². The summed E-state index contributed by atoms with van der Waals surface area (Å²) in [6.45, 7) is 0. The number of rotatable bonds is 4. The number of hydrogen-bond acceptors (Lipinski definition) is 3. The summed E-state index contributed by atoms with van der Waals surface area (Å²) < 4.78 is 4.56. The number of terminal acetylenes is 2. The van der Waals surface area contributed by atoms with Crippen LogP contribution in [-0.4, -0.2) is 23.5 Å². The van der Waals surface area contributed by atoms with Crippen molar-refractivity contribution in [1.29, 1.82) is 0 Å². The van der Waals surface area contributed by atoms with E-state index in [0.717, 1.165) is 0 Å². The molecule has 0 atom stereocenters. The summed E-state index contributed by atoms with van der Waals surface area (Å²) in [5.41, 5.74) is 0. The predicted molar refractivity (Wildman–Crippen MR) is 42.0 cm³/mol. The zero-order valence-corrected chi connectivity index (χ0v) is 6.03. The average Bonchev–Trinajstić information content (AvgIpc) is 1.87. The van der Waals surface area contributed by atoms with E-state index in [0.29, 0.717) is 0 Å². The van der Waals surface area contributed by atoms with Crippen LogP contribution in [0.1, 0.15) is 12.8 Å². The molecule has 0 fully saturated rings. The van der Waals surface area contributed by atoms with Crippen LogP contribution < -0.4 is 0 Å². The Morgan fingerprint density at radius 1 is 1.27 bits per heavy atom. The van der Waals surface area contributed by atoms with Gasteiger partial charge in [0, 0.05) is 12.8 Å². The summed E-state index contributed by atoms with van der Waals surface area (Å²) in [5.74, 6) is 4.63. The van der Waals surface area contributed by atoms with E-state index in [2.05, 4.69) is 16.5 Å². The molecule has 11 heavy (non-hydrogen) atoms. The first-order valence-corrected chi connectivity index (χ1v) is 3.09. The zero-order chi connectivity index (χ0) is 8.69. The molecule has 0 aromatic carbocycles. The minimum atomic E-state index is -1.80. The van der Waals surface area contributed by atoms with Gasteiger partial charge in [-0.15, -0.1) is 24.7 Å². The molecule has 0 rings (SSSR count). The smallest absolute Gasteiger partial charge is 0.402 e. The van der Waals surface area contributed by atoms with E-state index in [9.17, 15) is 0 Å². The molecule has 4 heteroatoms. The van der Waals surface area contributed by atoms with E-state index >= 15 is 0 Å². The molecule has 0 radical (unpaired) electrons. The van der Waals surface area contributed by atoms with Crippen molar-refractivity contribution in [3.8, 4) is 24.7 Å². The average molecular weight is 152 g/mol. The molecule has 0 aliphatic rings. The molecule has 2 N–H and O–H groups in total. The van der Waals surface area contributed by atoms with Crippen molar-refractivity contribution in [3.05, 3.63) is 0 Å². The highest BCUT2D eigenvalue weighted by Gasteiger charge is 2.15. The second-order valence-corrected chi connectivity index (χ2v) is 1.90. The lowest BCUT2D eigenvalue weighted by Gasteiger charge is -2.11. The molecule has 0 aliphatic carbocycles. The van der Waals surface area contributed by atoms with Crippen molar-refractivity contribution < 1.29 is 14.7 Å². The Morgan fingerprint density at radius 3 is 2.00 bits per heavy atom. The van der Waals surface area contributed by atoms with Crippen molar-refractivity contribution in [2.75, 3.05) is 0 Å². The van der Waals surface area contributed by atoms with Crippen molar-refractivity contribution in [2.24, 2.45) is 0 Å². The van der Waals surface area contributed by atoms with Gasteiger partial charge in [0.1, 0.15) is 0 Å². The molecular weight excluding hydrogens is 143 g/mol. The highest BCUT2D eigenvalue weighted by atomic mass is 16.6. The second kappa shape index (κ2) is 5.82. The third-order valence-electron chi connectivity index (χ3n) is 1.01. The first-order chi connectivity index (χ1) is 5.20. The largest absolute Gasteiger partial charge is 0.634 e. The van der Waals surface area contributed by atoms with Gasteiger partial charge in [-0.2, -0.15) is 0 Å². The molecule has 0 aromatic heterocycles. The lowest BCUT2D eigenvalue weighted by Crippen LogP contribution is -2.25. The molecule has 0 saturated carbocycles. The van der Waals surface area contributed by atoms with Crippen molar-refractivity contribution in [1.82, 2.24) is 0 Å². The Morgan fingerprint density at radius 2 is 1.73 bits per heavy atom. The van der Waals surface area contributed by atoms with Crippen LogP contribution in [0.4, 0.5) is 0 Å². The molecule has 0 aromatic rings. The summed E-state index contributed by atoms with van der Waals surface area (Å²) in [5, 5.41) is 16.7. The molecular formula is C7H9BO3. The monoisotopic (exact) mass is 152 g/mol. The van der Waals surface area contributed by atoms with Gasteiger partial charge in [0.25, 0.3) is 0 Å². The molecule has 0 heterocycles. The molecule has 0 aliphatic heterocycles. The fraction of sp³-hybridized carbons (Fsp3) is 0.429. The molecule has 0 bridgehead atoms. The van der Waals surface area contributed by atoms with Gasteiger partial charge in [0.2, 0.25) is 0 Å². The number of hydrogen-bond donors (Lipinski definition) is 2. The topological polar surface area (TPSA) is 49.7 Å². The SMILES string of the molecule is C#CCC(CC#C)OB(O)O. The second-order valence-electron chi connectivity index (χ2n) is 1.90. The van der Waals surface area contributed by atoms with Crippen molar-refractivity contribution in [3.63, 3.8) is 0 Å². The summed E-state index contributed by atoms with van der Waals surface area (Å²) in [6.07, 6.45) is 10.0. The van der Waals surface area contributed by atoms with Gasteiger partial charge in [0.15, 0.2) is 0 Å². The molecule has 58 valence electrons. The lowest BCUT2D eigenvalue weighted by molar-refractivity contribution is 0.124. The Labute approximate surface area is 66.6 Å². The van der Waals surface area contributed by atoms with Crippen LogP contribution in [-0.2, 0) is 4.65 Å². The highest BCUT2D eigenvalue weighted by molar-refractivity contribution is 6.32. The van der Waals surface area contributed by atoms with E-state index in [1.54, 1.807) is 0 Å². The third kappa shape index (κ3) is 5.51. The van der Waals surface area contributed by atoms with Crippen LogP contribution in [0, 0.1) is 24.7 Å². The standard InChI is InChI=1S/C7H9BO3/c1-3-5-7(6-4-2)11-8(9)10/h1-2,7,9-10H,5-6H2. The molecule has 0 unspecified atom stereocenters. The third-order valence-corrected chi connectivity index (χ3v) is 1.01. The van der Waals surface area contributed by atoms with Crippen LogP contribution in [0.15, 0.2) is 0 Å². The van der Waals surface area contributed by atoms with E-state index in [1.165, 1.54) is 0 Å². The predicted octanol–water partition coefficient (Wildman–Crippen LogP) is -0.612. The molecule has 0 amide bonds. The van der Waals surface area contributed by atoms with Gasteiger partial charge in [-0.3, -0.25) is 0 Å². The normalized spacial score (nSPS) is 8.82. The summed E-state index contributed by atoms with van der Waals surface area (Å²) in [4.78, 5) is 0. The van der Waals surface area contributed by atoms with Gasteiger partial charge >= 0.3 is 7.32 Å². The maximum absolute atomic E-state index is 8.37. The fourth-order valence-corrected chi connectivity index (χ4v) is 0.603. The van der Waals surface area contributed by atoms with Crippen LogP contribution in [0.25, 0.3) is 0 Å². The minimum absolute atomic E-state index is 0.280. The Kier molecular flexibility index (Phi) is 5.33.